The summed E-state index contributed by atoms with van der Waals surface area (Å²) in [5.74, 6) is 0.633. The molecule has 0 amide bonds. The number of aromatic hydroxyl groups is 1. The molecule has 4 rings (SSSR count). The van der Waals surface area contributed by atoms with Gasteiger partial charge >= 0.3 is 37.7 Å². The second-order valence-electron chi connectivity index (χ2n) is 16.1. The number of hydrogen-bond acceptors (Lipinski definition) is 9. The van der Waals surface area contributed by atoms with Crippen LogP contribution in [0.2, 0.25) is 0 Å². The van der Waals surface area contributed by atoms with Gasteiger partial charge < -0.3 is 24.2 Å². The van der Waals surface area contributed by atoms with Crippen LogP contribution in [0.5, 0.6) is 34.5 Å². The smallest absolute Gasteiger partial charge is 0.870 e. The van der Waals surface area contributed by atoms with Crippen molar-refractivity contribution in [3.05, 3.63) is 96.1 Å². The molecule has 0 fully saturated rings. The number of phenols is 1. The number of unbranched alkanes of at least 4 members (excludes halogenated alkanes) is 20. The molecule has 0 aromatic heterocycles. The first-order chi connectivity index (χ1) is 29.9. The molecule has 0 aliphatic heterocycles. The average Bonchev–Trinajstić information content (AvgIpc) is 3.23. The van der Waals surface area contributed by atoms with Crippen molar-refractivity contribution in [2.75, 3.05) is 0 Å². The molecule has 0 spiro atoms. The molecular formula is C50H70CaO10S2. The summed E-state index contributed by atoms with van der Waals surface area (Å²) in [7, 11) is -9.00. The fourth-order valence-electron chi connectivity index (χ4n) is 7.50. The second-order valence-corrected chi connectivity index (χ2v) is 18.8. The first-order valence-corrected chi connectivity index (χ1v) is 25.8. The van der Waals surface area contributed by atoms with Gasteiger partial charge in [-0.15, -0.1) is 0 Å². The molecule has 0 aliphatic rings. The molecular weight excluding hydrogens is 865 g/mol. The van der Waals surface area contributed by atoms with E-state index in [4.69, 9.17) is 9.47 Å². The third-order valence-electron chi connectivity index (χ3n) is 10.9. The van der Waals surface area contributed by atoms with Crippen LogP contribution in [0.3, 0.4) is 0 Å². The van der Waals surface area contributed by atoms with E-state index < -0.39 is 20.2 Å². The van der Waals surface area contributed by atoms with E-state index in [-0.39, 0.29) is 76.3 Å². The summed E-state index contributed by atoms with van der Waals surface area (Å²) in [6, 6.07) is 21.7. The molecule has 0 atom stereocenters. The van der Waals surface area contributed by atoms with Gasteiger partial charge in [-0.3, -0.25) is 4.55 Å². The van der Waals surface area contributed by atoms with Crippen LogP contribution in [-0.4, -0.2) is 68.8 Å². The molecule has 0 saturated heterocycles. The Morgan fingerprint density at radius 2 is 0.810 bits per heavy atom. The van der Waals surface area contributed by atoms with Crippen LogP contribution in [0.4, 0.5) is 0 Å². The monoisotopic (exact) mass is 934 g/mol. The van der Waals surface area contributed by atoms with Crippen molar-refractivity contribution >= 4 is 58.0 Å². The maximum atomic E-state index is 12.0. The summed E-state index contributed by atoms with van der Waals surface area (Å²) in [6.45, 7) is 4.46. The Morgan fingerprint density at radius 3 is 1.22 bits per heavy atom. The Labute approximate surface area is 408 Å². The van der Waals surface area contributed by atoms with Gasteiger partial charge in [0.2, 0.25) is 0 Å². The molecule has 0 bridgehead atoms. The van der Waals surface area contributed by atoms with Gasteiger partial charge in [-0.1, -0.05) is 190 Å². The Morgan fingerprint density at radius 1 is 0.460 bits per heavy atom. The van der Waals surface area contributed by atoms with Crippen molar-refractivity contribution < 1.29 is 45.6 Å². The maximum absolute atomic E-state index is 12.0. The minimum absolute atomic E-state index is 0. The van der Waals surface area contributed by atoms with Crippen LogP contribution in [0.15, 0.2) is 94.7 Å². The number of benzene rings is 4. The largest absolute Gasteiger partial charge is 2.00 e. The van der Waals surface area contributed by atoms with Crippen LogP contribution in [0.1, 0.15) is 166 Å². The van der Waals surface area contributed by atoms with Crippen molar-refractivity contribution in [1.29, 1.82) is 0 Å². The second kappa shape index (κ2) is 31.9. The third kappa shape index (κ3) is 22.3. The molecule has 0 saturated carbocycles. The standard InChI is InChI=1S/2C25H36O5S.Ca/c2*1-2-3-4-5-6-7-8-9-10-11-12-16-21-23(19-15-20-25(21)31(27,28)29)30-24-18-14-13-17-22(24)26;/h2*13-15,17-20,26H,2-12,16H2,1H3,(H,27,28,29);/q;;+2/p-2. The van der Waals surface area contributed by atoms with Gasteiger partial charge in [-0.25, -0.2) is 8.42 Å². The molecule has 0 radical (unpaired) electrons. The number of ether oxygens (including phenoxy) is 2. The zero-order valence-electron chi connectivity index (χ0n) is 37.7. The number of phenolic OH excluding ortho intramolecular Hbond substituents is 1. The van der Waals surface area contributed by atoms with Gasteiger partial charge in [0.15, 0.2) is 11.5 Å². The van der Waals surface area contributed by atoms with Gasteiger partial charge in [-0.2, -0.15) is 8.42 Å². The van der Waals surface area contributed by atoms with Crippen molar-refractivity contribution in [3.63, 3.8) is 0 Å². The maximum Gasteiger partial charge on any atom is 2.00 e. The fourth-order valence-corrected chi connectivity index (χ4v) is 9.01. The molecule has 10 nitrogen and oxygen atoms in total. The first-order valence-electron chi connectivity index (χ1n) is 22.9. The molecule has 0 heterocycles. The van der Waals surface area contributed by atoms with Crippen LogP contribution in [0, 0.1) is 0 Å². The predicted molar refractivity (Wildman–Crippen MR) is 251 cm³/mol. The molecule has 0 aliphatic carbocycles. The van der Waals surface area contributed by atoms with E-state index in [1.165, 1.54) is 145 Å². The summed E-state index contributed by atoms with van der Waals surface area (Å²) >= 11 is 0. The van der Waals surface area contributed by atoms with Gasteiger partial charge in [0.1, 0.15) is 32.3 Å². The predicted octanol–water partition coefficient (Wildman–Crippen LogP) is 13.2. The van der Waals surface area contributed by atoms with Crippen LogP contribution in [0.25, 0.3) is 0 Å². The summed E-state index contributed by atoms with van der Waals surface area (Å²) in [4.78, 5) is -0.395. The van der Waals surface area contributed by atoms with Gasteiger partial charge in [-0.05, 0) is 68.1 Å². The van der Waals surface area contributed by atoms with Crippen molar-refractivity contribution in [2.45, 2.75) is 178 Å². The van der Waals surface area contributed by atoms with Crippen molar-refractivity contribution in [1.82, 2.24) is 0 Å². The molecule has 4 aromatic carbocycles. The molecule has 344 valence electrons. The molecule has 4 aromatic rings. The summed E-state index contributed by atoms with van der Waals surface area (Å²) < 4.78 is 80.2. The van der Waals surface area contributed by atoms with E-state index in [2.05, 4.69) is 13.8 Å². The minimum atomic E-state index is -4.63. The van der Waals surface area contributed by atoms with Gasteiger partial charge in [0.25, 0.3) is 10.1 Å². The first kappa shape index (κ1) is 56.3. The molecule has 63 heavy (non-hydrogen) atoms. The van der Waals surface area contributed by atoms with Crippen LogP contribution < -0.4 is 14.6 Å². The van der Waals surface area contributed by atoms with E-state index >= 15 is 0 Å². The zero-order chi connectivity index (χ0) is 45.1. The van der Waals surface area contributed by atoms with Crippen molar-refractivity contribution in [3.8, 4) is 34.5 Å². The van der Waals surface area contributed by atoms with Gasteiger partial charge in [0.05, 0.1) is 4.90 Å². The number of rotatable bonds is 30. The van der Waals surface area contributed by atoms with E-state index in [9.17, 15) is 36.2 Å². The summed E-state index contributed by atoms with van der Waals surface area (Å²) in [5.41, 5.74) is 0.806. The van der Waals surface area contributed by atoms with Crippen LogP contribution >= 0.6 is 0 Å². The Kier molecular flexibility index (Phi) is 28.5. The average molecular weight is 935 g/mol. The normalized spacial score (nSPS) is 11.4. The summed E-state index contributed by atoms with van der Waals surface area (Å²) in [5, 5.41) is 21.9. The minimum Gasteiger partial charge on any atom is -0.870 e. The van der Waals surface area contributed by atoms with E-state index in [1.54, 1.807) is 42.5 Å². The fraction of sp³-hybridized carbons (Fsp3) is 0.520. The third-order valence-corrected chi connectivity index (χ3v) is 12.8. The van der Waals surface area contributed by atoms with Crippen molar-refractivity contribution in [2.24, 2.45) is 0 Å². The Balaban J connectivity index is 0.000000427. The molecule has 13 heteroatoms. The molecule has 2 N–H and O–H groups in total. The van der Waals surface area contributed by atoms with Crippen LogP contribution in [-0.2, 0) is 33.1 Å². The Bertz CT molecular complexity index is 1940. The topological polar surface area (TPSA) is 173 Å². The molecule has 0 unspecified atom stereocenters. The van der Waals surface area contributed by atoms with E-state index in [0.717, 1.165) is 38.5 Å². The van der Waals surface area contributed by atoms with E-state index in [0.29, 0.717) is 29.7 Å². The van der Waals surface area contributed by atoms with Gasteiger partial charge in [0, 0.05) is 11.1 Å². The zero-order valence-corrected chi connectivity index (χ0v) is 41.6. The quantitative estimate of drug-likeness (QED) is 0.0291. The number of hydrogen-bond donors (Lipinski definition) is 2. The summed E-state index contributed by atoms with van der Waals surface area (Å²) in [6.07, 6.45) is 27.2. The van der Waals surface area contributed by atoms with E-state index in [1.807, 2.05) is 0 Å². The number of para-hydroxylation sites is 4. The SMILES string of the molecule is CCCCCCCCCCCCCc1c(Oc2ccccc2O)cccc1S(=O)(=O)O.CCCCCCCCCCCCCc1c(Oc2ccccc2[O-])cccc1S(=O)(=O)[O-].[Ca+2]. The Hall–Kier alpha value is -2.84.